The van der Waals surface area contributed by atoms with Gasteiger partial charge in [-0.2, -0.15) is 0 Å². The van der Waals surface area contributed by atoms with Gasteiger partial charge >= 0.3 is 6.09 Å². The molecule has 7 nitrogen and oxygen atoms in total. The van der Waals surface area contributed by atoms with Crippen molar-refractivity contribution in [3.05, 3.63) is 54.4 Å². The van der Waals surface area contributed by atoms with Crippen LogP contribution in [-0.2, 0) is 4.74 Å². The summed E-state index contributed by atoms with van der Waals surface area (Å²) in [6, 6.07) is 9.45. The zero-order valence-electron chi connectivity index (χ0n) is 11.7. The largest absolute Gasteiger partial charge is 0.507 e. The van der Waals surface area contributed by atoms with E-state index in [-0.39, 0.29) is 24.5 Å². The van der Waals surface area contributed by atoms with Crippen molar-refractivity contribution >= 4 is 17.7 Å². The average molecular weight is 301 g/mol. The van der Waals surface area contributed by atoms with Gasteiger partial charge in [0.1, 0.15) is 12.4 Å². The van der Waals surface area contributed by atoms with Crippen LogP contribution in [0.15, 0.2) is 48.8 Å². The topological polar surface area (TPSA) is 101 Å². The number of benzene rings is 1. The molecule has 2 rings (SSSR count). The minimum Gasteiger partial charge on any atom is -0.507 e. The number of para-hydroxylation sites is 1. The first kappa shape index (κ1) is 15.3. The van der Waals surface area contributed by atoms with Gasteiger partial charge in [-0.25, -0.2) is 4.79 Å². The summed E-state index contributed by atoms with van der Waals surface area (Å²) >= 11 is 0. The molecule has 7 heteroatoms. The Bertz CT molecular complexity index is 646. The molecule has 0 aliphatic carbocycles. The van der Waals surface area contributed by atoms with Crippen LogP contribution in [0.1, 0.15) is 10.4 Å². The van der Waals surface area contributed by atoms with Crippen molar-refractivity contribution in [2.45, 2.75) is 0 Å². The summed E-state index contributed by atoms with van der Waals surface area (Å²) in [6.45, 7) is 0.146. The molecule has 2 aromatic rings. The van der Waals surface area contributed by atoms with E-state index in [0.717, 1.165) is 0 Å². The number of nitrogens with zero attached hydrogens (tertiary/aromatic N) is 1. The second kappa shape index (κ2) is 7.63. The molecule has 114 valence electrons. The number of ether oxygens (including phenoxy) is 1. The van der Waals surface area contributed by atoms with Gasteiger partial charge < -0.3 is 15.2 Å². The number of aromatic nitrogens is 1. The minimum absolute atomic E-state index is 0.0102. The number of phenols is 1. The lowest BCUT2D eigenvalue weighted by Crippen LogP contribution is -2.28. The summed E-state index contributed by atoms with van der Waals surface area (Å²) < 4.78 is 4.91. The van der Waals surface area contributed by atoms with Crippen molar-refractivity contribution in [1.29, 1.82) is 0 Å². The number of hydrogen-bond acceptors (Lipinski definition) is 5. The number of hydrogen-bond donors (Lipinski definition) is 3. The Labute approximate surface area is 126 Å². The Hall–Kier alpha value is -3.09. The third kappa shape index (κ3) is 4.48. The van der Waals surface area contributed by atoms with Crippen molar-refractivity contribution in [2.24, 2.45) is 0 Å². The first-order valence-corrected chi connectivity index (χ1v) is 6.57. The molecule has 0 aliphatic heterocycles. The molecule has 0 fully saturated rings. The Morgan fingerprint density at radius 1 is 1.14 bits per heavy atom. The van der Waals surface area contributed by atoms with Gasteiger partial charge in [0.15, 0.2) is 0 Å². The Morgan fingerprint density at radius 2 is 1.86 bits per heavy atom. The molecule has 0 bridgehead atoms. The molecule has 22 heavy (non-hydrogen) atoms. The number of anilines is 1. The van der Waals surface area contributed by atoms with E-state index in [1.54, 1.807) is 36.7 Å². The highest BCUT2D eigenvalue weighted by atomic mass is 16.5. The van der Waals surface area contributed by atoms with Crippen LogP contribution in [0.25, 0.3) is 0 Å². The highest BCUT2D eigenvalue weighted by molar-refractivity contribution is 5.96. The molecule has 0 spiro atoms. The minimum atomic E-state index is -0.622. The first-order chi connectivity index (χ1) is 10.7. The highest BCUT2D eigenvalue weighted by Crippen LogP contribution is 2.14. The zero-order chi connectivity index (χ0) is 15.8. The molecule has 0 aliphatic rings. The van der Waals surface area contributed by atoms with Gasteiger partial charge in [-0.3, -0.25) is 15.1 Å². The van der Waals surface area contributed by atoms with Gasteiger partial charge in [-0.05, 0) is 24.3 Å². The predicted molar refractivity (Wildman–Crippen MR) is 79.6 cm³/mol. The van der Waals surface area contributed by atoms with Gasteiger partial charge in [0.2, 0.25) is 0 Å². The molecular formula is C15H15N3O4. The fourth-order valence-corrected chi connectivity index (χ4v) is 1.66. The van der Waals surface area contributed by atoms with E-state index in [0.29, 0.717) is 5.69 Å². The molecule has 3 N–H and O–H groups in total. The number of rotatable bonds is 5. The van der Waals surface area contributed by atoms with Crippen molar-refractivity contribution in [3.8, 4) is 5.75 Å². The van der Waals surface area contributed by atoms with E-state index in [1.807, 2.05) is 0 Å². The summed E-state index contributed by atoms with van der Waals surface area (Å²) in [5.41, 5.74) is 0.738. The van der Waals surface area contributed by atoms with Crippen LogP contribution in [0.4, 0.5) is 10.5 Å². The molecule has 1 heterocycles. The summed E-state index contributed by atoms with van der Waals surface area (Å²) in [5.74, 6) is -0.535. The summed E-state index contributed by atoms with van der Waals surface area (Å²) in [4.78, 5) is 27.1. The maximum Gasteiger partial charge on any atom is 0.411 e. The summed E-state index contributed by atoms with van der Waals surface area (Å²) in [6.07, 6.45) is 2.47. The molecule has 0 unspecified atom stereocenters. The lowest BCUT2D eigenvalue weighted by Gasteiger charge is -2.08. The fourth-order valence-electron chi connectivity index (χ4n) is 1.66. The number of nitrogens with one attached hydrogen (secondary N) is 2. The van der Waals surface area contributed by atoms with Crippen LogP contribution in [0.2, 0.25) is 0 Å². The normalized spacial score (nSPS) is 9.82. The smallest absolute Gasteiger partial charge is 0.411 e. The summed E-state index contributed by atoms with van der Waals surface area (Å²) in [5, 5.41) is 14.6. The van der Waals surface area contributed by atoms with Crippen LogP contribution < -0.4 is 10.6 Å². The summed E-state index contributed by atoms with van der Waals surface area (Å²) in [7, 11) is 0. The van der Waals surface area contributed by atoms with E-state index < -0.39 is 12.0 Å². The fraction of sp³-hybridized carbons (Fsp3) is 0.133. The third-order valence-corrected chi connectivity index (χ3v) is 2.70. The maximum absolute atomic E-state index is 11.8. The number of pyridine rings is 1. The van der Waals surface area contributed by atoms with Crippen molar-refractivity contribution in [1.82, 2.24) is 10.3 Å². The van der Waals surface area contributed by atoms with Gasteiger partial charge in [0, 0.05) is 18.1 Å². The molecule has 0 saturated heterocycles. The lowest BCUT2D eigenvalue weighted by molar-refractivity contribution is 0.0935. The average Bonchev–Trinajstić information content (AvgIpc) is 2.53. The Kier molecular flexibility index (Phi) is 5.31. The van der Waals surface area contributed by atoms with Gasteiger partial charge in [-0.15, -0.1) is 0 Å². The number of aromatic hydroxyl groups is 1. The van der Waals surface area contributed by atoms with Gasteiger partial charge in [0.25, 0.3) is 5.91 Å². The zero-order valence-corrected chi connectivity index (χ0v) is 11.7. The van der Waals surface area contributed by atoms with E-state index in [2.05, 4.69) is 15.6 Å². The van der Waals surface area contributed by atoms with Crippen molar-refractivity contribution < 1.29 is 19.4 Å². The Balaban J connectivity index is 1.70. The van der Waals surface area contributed by atoms with E-state index in [9.17, 15) is 14.7 Å². The lowest BCUT2D eigenvalue weighted by atomic mass is 10.2. The molecule has 0 radical (unpaired) electrons. The van der Waals surface area contributed by atoms with Crippen LogP contribution in [0.3, 0.4) is 0 Å². The predicted octanol–water partition coefficient (Wildman–Crippen LogP) is 1.77. The van der Waals surface area contributed by atoms with Crippen LogP contribution in [0, 0.1) is 0 Å². The second-order valence-corrected chi connectivity index (χ2v) is 4.27. The standard InChI is InChI=1S/C15H15N3O4/c19-13-4-2-1-3-12(13)14(20)17-9-10-22-15(21)18-11-5-7-16-8-6-11/h1-8,19H,9-10H2,(H,17,20)(H,16,18,21). The Morgan fingerprint density at radius 3 is 2.59 bits per heavy atom. The second-order valence-electron chi connectivity index (χ2n) is 4.27. The van der Waals surface area contributed by atoms with Gasteiger partial charge in [-0.1, -0.05) is 12.1 Å². The monoisotopic (exact) mass is 301 g/mol. The van der Waals surface area contributed by atoms with E-state index >= 15 is 0 Å². The van der Waals surface area contributed by atoms with Crippen LogP contribution in [0.5, 0.6) is 5.75 Å². The van der Waals surface area contributed by atoms with E-state index in [1.165, 1.54) is 12.1 Å². The number of carbonyl (C=O) groups is 2. The molecule has 1 aromatic heterocycles. The third-order valence-electron chi connectivity index (χ3n) is 2.70. The van der Waals surface area contributed by atoms with Crippen molar-refractivity contribution in [3.63, 3.8) is 0 Å². The van der Waals surface area contributed by atoms with Gasteiger partial charge in [0.05, 0.1) is 12.1 Å². The van der Waals surface area contributed by atoms with Crippen LogP contribution >= 0.6 is 0 Å². The highest BCUT2D eigenvalue weighted by Gasteiger charge is 2.09. The number of phenolic OH excluding ortho intramolecular Hbond substituents is 1. The van der Waals surface area contributed by atoms with E-state index in [4.69, 9.17) is 4.74 Å². The first-order valence-electron chi connectivity index (χ1n) is 6.57. The SMILES string of the molecule is O=C(Nc1ccncc1)OCCNC(=O)c1ccccc1O. The molecule has 1 aromatic carbocycles. The number of carbonyl (C=O) groups excluding carboxylic acids is 2. The number of amides is 2. The van der Waals surface area contributed by atoms with Crippen molar-refractivity contribution in [2.75, 3.05) is 18.5 Å². The molecule has 0 atom stereocenters. The molecule has 2 amide bonds. The molecule has 0 saturated carbocycles. The molecular weight excluding hydrogens is 286 g/mol. The maximum atomic E-state index is 11.8. The van der Waals surface area contributed by atoms with Crippen LogP contribution in [-0.4, -0.2) is 35.2 Å². The quantitative estimate of drug-likeness (QED) is 0.731.